The summed E-state index contributed by atoms with van der Waals surface area (Å²) in [6, 6.07) is 8.16. The number of hydrogen-bond donors (Lipinski definition) is 2. The van der Waals surface area contributed by atoms with Gasteiger partial charge in [0.1, 0.15) is 18.0 Å². The third kappa shape index (κ3) is 5.44. The van der Waals surface area contributed by atoms with E-state index in [1.807, 2.05) is 32.0 Å². The number of anilines is 3. The Labute approximate surface area is 167 Å². The largest absolute Gasteiger partial charge is 0.370 e. The number of aryl methyl sites for hydroxylation is 2. The molecule has 1 unspecified atom stereocenters. The third-order valence-electron chi connectivity index (χ3n) is 5.30. The van der Waals surface area contributed by atoms with Crippen LogP contribution in [-0.4, -0.2) is 35.5 Å². The van der Waals surface area contributed by atoms with Crippen LogP contribution >= 0.6 is 0 Å². The lowest BCUT2D eigenvalue weighted by molar-refractivity contribution is -0.116. The highest BCUT2D eigenvalue weighted by Gasteiger charge is 2.22. The number of carbonyl (C=O) groups is 1. The number of rotatable bonds is 7. The molecule has 1 saturated heterocycles. The standard InChI is InChI=1S/C22H31N5O/c1-4-23-20-13-21(25-15-24-20)27-11-5-6-18(14-27)9-10-22(28)26-19-12-16(2)7-8-17(19)3/h7-8,12-13,15,18H,4-6,9-11,14H2,1-3H3,(H,26,28)(H,23,24,25). The molecule has 1 amide bonds. The molecule has 1 aromatic carbocycles. The lowest BCUT2D eigenvalue weighted by Crippen LogP contribution is -2.36. The first-order valence-electron chi connectivity index (χ1n) is 10.2. The van der Waals surface area contributed by atoms with E-state index in [-0.39, 0.29) is 5.91 Å². The Hall–Kier alpha value is -2.63. The van der Waals surface area contributed by atoms with Crippen molar-refractivity contribution in [2.45, 2.75) is 46.5 Å². The molecular weight excluding hydrogens is 350 g/mol. The molecule has 1 aromatic heterocycles. The van der Waals surface area contributed by atoms with Gasteiger partial charge < -0.3 is 15.5 Å². The number of piperidine rings is 1. The van der Waals surface area contributed by atoms with Crippen LogP contribution in [0.2, 0.25) is 0 Å². The van der Waals surface area contributed by atoms with Gasteiger partial charge in [0, 0.05) is 37.8 Å². The molecule has 6 heteroatoms. The van der Waals surface area contributed by atoms with Crippen LogP contribution in [0.15, 0.2) is 30.6 Å². The van der Waals surface area contributed by atoms with Crippen LogP contribution < -0.4 is 15.5 Å². The molecule has 1 fully saturated rings. The van der Waals surface area contributed by atoms with Gasteiger partial charge in [0.05, 0.1) is 0 Å². The van der Waals surface area contributed by atoms with E-state index in [1.165, 1.54) is 6.42 Å². The first kappa shape index (κ1) is 20.1. The summed E-state index contributed by atoms with van der Waals surface area (Å²) < 4.78 is 0. The molecule has 0 saturated carbocycles. The molecule has 2 heterocycles. The molecule has 150 valence electrons. The summed E-state index contributed by atoms with van der Waals surface area (Å²) in [6.07, 6.45) is 5.37. The normalized spacial score (nSPS) is 16.7. The molecule has 3 rings (SSSR count). The van der Waals surface area contributed by atoms with Crippen LogP contribution in [0.25, 0.3) is 0 Å². The second-order valence-electron chi connectivity index (χ2n) is 7.65. The van der Waals surface area contributed by atoms with Gasteiger partial charge in [-0.1, -0.05) is 12.1 Å². The maximum Gasteiger partial charge on any atom is 0.224 e. The van der Waals surface area contributed by atoms with Crippen molar-refractivity contribution in [1.29, 1.82) is 0 Å². The molecule has 1 aliphatic rings. The molecule has 6 nitrogen and oxygen atoms in total. The van der Waals surface area contributed by atoms with E-state index in [0.717, 1.165) is 60.9 Å². The van der Waals surface area contributed by atoms with Gasteiger partial charge in [0.2, 0.25) is 5.91 Å². The molecule has 0 spiro atoms. The Balaban J connectivity index is 1.53. The number of carbonyl (C=O) groups excluding carboxylic acids is 1. The predicted octanol–water partition coefficient (Wildman–Crippen LogP) is 4.16. The Kier molecular flexibility index (Phi) is 6.85. The van der Waals surface area contributed by atoms with Crippen molar-refractivity contribution in [2.24, 2.45) is 5.92 Å². The molecule has 2 aromatic rings. The summed E-state index contributed by atoms with van der Waals surface area (Å²) in [4.78, 5) is 23.4. The number of benzene rings is 1. The van der Waals surface area contributed by atoms with Gasteiger partial charge in [-0.15, -0.1) is 0 Å². The van der Waals surface area contributed by atoms with Crippen LogP contribution in [-0.2, 0) is 4.79 Å². The first-order chi connectivity index (χ1) is 13.5. The quantitative estimate of drug-likeness (QED) is 0.754. The van der Waals surface area contributed by atoms with E-state index in [4.69, 9.17) is 0 Å². The highest BCUT2D eigenvalue weighted by Crippen LogP contribution is 2.26. The van der Waals surface area contributed by atoms with Crippen LogP contribution in [0.3, 0.4) is 0 Å². The molecule has 28 heavy (non-hydrogen) atoms. The Bertz CT molecular complexity index is 807. The molecule has 2 N–H and O–H groups in total. The Morgan fingerprint density at radius 2 is 2.11 bits per heavy atom. The number of hydrogen-bond acceptors (Lipinski definition) is 5. The molecule has 1 atom stereocenters. The van der Waals surface area contributed by atoms with E-state index >= 15 is 0 Å². The van der Waals surface area contributed by atoms with Crippen molar-refractivity contribution in [3.8, 4) is 0 Å². The van der Waals surface area contributed by atoms with Crippen molar-refractivity contribution in [2.75, 3.05) is 35.2 Å². The topological polar surface area (TPSA) is 70.2 Å². The summed E-state index contributed by atoms with van der Waals surface area (Å²) in [6.45, 7) is 8.92. The smallest absolute Gasteiger partial charge is 0.224 e. The maximum absolute atomic E-state index is 12.4. The van der Waals surface area contributed by atoms with Crippen molar-refractivity contribution in [1.82, 2.24) is 9.97 Å². The number of aromatic nitrogens is 2. The Morgan fingerprint density at radius 3 is 2.93 bits per heavy atom. The highest BCUT2D eigenvalue weighted by molar-refractivity contribution is 5.91. The average molecular weight is 382 g/mol. The number of nitrogens with one attached hydrogen (secondary N) is 2. The third-order valence-corrected chi connectivity index (χ3v) is 5.30. The Morgan fingerprint density at radius 1 is 1.25 bits per heavy atom. The van der Waals surface area contributed by atoms with Gasteiger partial charge in [-0.2, -0.15) is 0 Å². The fraction of sp³-hybridized carbons (Fsp3) is 0.500. The number of amides is 1. The second kappa shape index (κ2) is 9.53. The summed E-state index contributed by atoms with van der Waals surface area (Å²) in [5.41, 5.74) is 3.18. The summed E-state index contributed by atoms with van der Waals surface area (Å²) in [5, 5.41) is 6.31. The fourth-order valence-corrected chi connectivity index (χ4v) is 3.72. The zero-order valence-corrected chi connectivity index (χ0v) is 17.2. The second-order valence-corrected chi connectivity index (χ2v) is 7.65. The lowest BCUT2D eigenvalue weighted by atomic mass is 9.93. The minimum Gasteiger partial charge on any atom is -0.370 e. The SMILES string of the molecule is CCNc1cc(N2CCCC(CCC(=O)Nc3cc(C)ccc3C)C2)ncn1. The van der Waals surface area contributed by atoms with Gasteiger partial charge >= 0.3 is 0 Å². The highest BCUT2D eigenvalue weighted by atomic mass is 16.1. The van der Waals surface area contributed by atoms with E-state index in [9.17, 15) is 4.79 Å². The molecular formula is C22H31N5O. The van der Waals surface area contributed by atoms with Crippen LogP contribution in [0.4, 0.5) is 17.3 Å². The zero-order valence-electron chi connectivity index (χ0n) is 17.2. The zero-order chi connectivity index (χ0) is 19.9. The first-order valence-corrected chi connectivity index (χ1v) is 10.2. The molecule has 0 radical (unpaired) electrons. The van der Waals surface area contributed by atoms with Crippen molar-refractivity contribution in [3.63, 3.8) is 0 Å². The minimum absolute atomic E-state index is 0.0993. The predicted molar refractivity (Wildman–Crippen MR) is 115 cm³/mol. The summed E-state index contributed by atoms with van der Waals surface area (Å²) in [5.74, 6) is 2.44. The van der Waals surface area contributed by atoms with E-state index in [2.05, 4.69) is 38.5 Å². The monoisotopic (exact) mass is 381 g/mol. The van der Waals surface area contributed by atoms with Gasteiger partial charge in [0.25, 0.3) is 0 Å². The number of nitrogens with zero attached hydrogens (tertiary/aromatic N) is 3. The van der Waals surface area contributed by atoms with E-state index in [1.54, 1.807) is 6.33 Å². The van der Waals surface area contributed by atoms with E-state index < -0.39 is 0 Å². The van der Waals surface area contributed by atoms with Crippen LogP contribution in [0.5, 0.6) is 0 Å². The molecule has 1 aliphatic heterocycles. The van der Waals surface area contributed by atoms with Gasteiger partial charge in [-0.25, -0.2) is 9.97 Å². The van der Waals surface area contributed by atoms with Gasteiger partial charge in [0.15, 0.2) is 0 Å². The lowest BCUT2D eigenvalue weighted by Gasteiger charge is -2.33. The molecule has 0 bridgehead atoms. The summed E-state index contributed by atoms with van der Waals surface area (Å²) in [7, 11) is 0. The van der Waals surface area contributed by atoms with Crippen molar-refractivity contribution < 1.29 is 4.79 Å². The van der Waals surface area contributed by atoms with Crippen molar-refractivity contribution >= 4 is 23.2 Å². The van der Waals surface area contributed by atoms with Gasteiger partial charge in [-0.3, -0.25) is 4.79 Å². The summed E-state index contributed by atoms with van der Waals surface area (Å²) >= 11 is 0. The molecule has 0 aliphatic carbocycles. The van der Waals surface area contributed by atoms with Crippen LogP contribution in [0, 0.1) is 19.8 Å². The van der Waals surface area contributed by atoms with Crippen LogP contribution in [0.1, 0.15) is 43.7 Å². The van der Waals surface area contributed by atoms with Crippen molar-refractivity contribution in [3.05, 3.63) is 41.7 Å². The minimum atomic E-state index is 0.0993. The van der Waals surface area contributed by atoms with E-state index in [0.29, 0.717) is 12.3 Å². The fourth-order valence-electron chi connectivity index (χ4n) is 3.72. The average Bonchev–Trinajstić information content (AvgIpc) is 2.70. The maximum atomic E-state index is 12.4. The van der Waals surface area contributed by atoms with Gasteiger partial charge in [-0.05, 0) is 63.1 Å².